The van der Waals surface area contributed by atoms with Gasteiger partial charge in [0.15, 0.2) is 5.15 Å². The number of rotatable bonds is 2. The largest absolute Gasteiger partial charge is 0.385 e. The second-order valence-electron chi connectivity index (χ2n) is 5.84. The summed E-state index contributed by atoms with van der Waals surface area (Å²) in [6.45, 7) is 6.73. The van der Waals surface area contributed by atoms with Crippen LogP contribution >= 0.6 is 11.6 Å². The number of imidazole rings is 1. The summed E-state index contributed by atoms with van der Waals surface area (Å²) in [5.41, 5.74) is 7.02. The average Bonchev–Trinajstić information content (AvgIpc) is 2.78. The Morgan fingerprint density at radius 1 is 1.30 bits per heavy atom. The Bertz CT molecular complexity index is 612. The Kier molecular flexibility index (Phi) is 3.61. The highest BCUT2D eigenvalue weighted by Crippen LogP contribution is 2.32. The van der Waals surface area contributed by atoms with Crippen LogP contribution in [-0.2, 0) is 0 Å². The summed E-state index contributed by atoms with van der Waals surface area (Å²) < 4.78 is 2.01. The molecule has 3 rings (SSSR count). The number of anilines is 1. The van der Waals surface area contributed by atoms with Crippen LogP contribution in [0.15, 0.2) is 18.2 Å². The van der Waals surface area contributed by atoms with Gasteiger partial charge in [-0.05, 0) is 51.9 Å². The predicted molar refractivity (Wildman–Crippen MR) is 83.3 cm³/mol. The summed E-state index contributed by atoms with van der Waals surface area (Å²) in [6, 6.07) is 6.40. The van der Waals surface area contributed by atoms with E-state index in [-0.39, 0.29) is 0 Å². The van der Waals surface area contributed by atoms with E-state index >= 15 is 0 Å². The summed E-state index contributed by atoms with van der Waals surface area (Å²) in [4.78, 5) is 7.09. The molecular formula is C15H21ClN4. The van der Waals surface area contributed by atoms with Crippen LogP contribution < -0.4 is 5.73 Å². The number of piperidine rings is 1. The fourth-order valence-corrected chi connectivity index (χ4v) is 3.33. The molecule has 20 heavy (non-hydrogen) atoms. The van der Waals surface area contributed by atoms with Gasteiger partial charge in [-0.2, -0.15) is 0 Å². The lowest BCUT2D eigenvalue weighted by atomic mass is 9.95. The number of halogens is 1. The number of aromatic nitrogens is 2. The molecule has 2 aromatic rings. The molecule has 3 heterocycles. The van der Waals surface area contributed by atoms with Crippen molar-refractivity contribution in [3.63, 3.8) is 0 Å². The standard InChI is InChI=1S/C15H21ClN4/c1-10(2)19-8-6-11(7-9-19)15-18-14(16)12-4-3-5-13(17)20(12)15/h3-5,10-11H,6-9,17H2,1-2H3. The second-order valence-corrected chi connectivity index (χ2v) is 6.19. The molecule has 0 bridgehead atoms. The normalized spacial score (nSPS) is 18.2. The number of likely N-dealkylation sites (tertiary alicyclic amines) is 1. The van der Waals surface area contributed by atoms with E-state index in [1.54, 1.807) is 0 Å². The number of pyridine rings is 1. The van der Waals surface area contributed by atoms with E-state index in [0.29, 0.717) is 22.9 Å². The molecular weight excluding hydrogens is 272 g/mol. The van der Waals surface area contributed by atoms with Crippen molar-refractivity contribution < 1.29 is 0 Å². The fourth-order valence-electron chi connectivity index (χ4n) is 3.10. The zero-order valence-corrected chi connectivity index (χ0v) is 12.8. The second kappa shape index (κ2) is 5.26. The van der Waals surface area contributed by atoms with E-state index in [2.05, 4.69) is 23.7 Å². The number of nitrogens with two attached hydrogens (primary N) is 1. The number of hydrogen-bond acceptors (Lipinski definition) is 3. The summed E-state index contributed by atoms with van der Waals surface area (Å²) in [5.74, 6) is 2.17. The van der Waals surface area contributed by atoms with Crippen LogP contribution in [0.4, 0.5) is 5.82 Å². The van der Waals surface area contributed by atoms with Gasteiger partial charge in [0.05, 0.1) is 5.52 Å². The highest BCUT2D eigenvalue weighted by Gasteiger charge is 2.26. The van der Waals surface area contributed by atoms with Crippen LogP contribution in [0.3, 0.4) is 0 Å². The first-order valence-electron chi connectivity index (χ1n) is 7.24. The third-order valence-electron chi connectivity index (χ3n) is 4.30. The smallest absolute Gasteiger partial charge is 0.155 e. The number of hydrogen-bond donors (Lipinski definition) is 1. The van der Waals surface area contributed by atoms with Gasteiger partial charge in [0, 0.05) is 12.0 Å². The summed E-state index contributed by atoms with van der Waals surface area (Å²) in [7, 11) is 0. The van der Waals surface area contributed by atoms with Gasteiger partial charge in [-0.3, -0.25) is 4.40 Å². The highest BCUT2D eigenvalue weighted by atomic mass is 35.5. The third kappa shape index (κ3) is 2.27. The van der Waals surface area contributed by atoms with E-state index in [9.17, 15) is 0 Å². The van der Waals surface area contributed by atoms with Gasteiger partial charge in [-0.25, -0.2) is 4.98 Å². The minimum absolute atomic E-state index is 0.440. The van der Waals surface area contributed by atoms with Crippen molar-refractivity contribution in [2.75, 3.05) is 18.8 Å². The lowest BCUT2D eigenvalue weighted by molar-refractivity contribution is 0.169. The first-order chi connectivity index (χ1) is 9.58. The number of nitrogen functional groups attached to an aromatic ring is 1. The van der Waals surface area contributed by atoms with Crippen molar-refractivity contribution in [2.24, 2.45) is 0 Å². The first kappa shape index (κ1) is 13.7. The summed E-state index contributed by atoms with van der Waals surface area (Å²) in [5, 5.41) is 0.554. The fraction of sp³-hybridized carbons (Fsp3) is 0.533. The molecule has 0 atom stereocenters. The van der Waals surface area contributed by atoms with Crippen molar-refractivity contribution >= 4 is 22.9 Å². The van der Waals surface area contributed by atoms with E-state index in [1.165, 1.54) is 0 Å². The molecule has 0 saturated carbocycles. The van der Waals surface area contributed by atoms with Crippen molar-refractivity contribution in [1.29, 1.82) is 0 Å². The molecule has 2 aromatic heterocycles. The molecule has 1 saturated heterocycles. The van der Waals surface area contributed by atoms with Crippen molar-refractivity contribution in [2.45, 2.75) is 38.6 Å². The summed E-state index contributed by atoms with van der Waals surface area (Å²) >= 11 is 6.25. The zero-order valence-electron chi connectivity index (χ0n) is 12.0. The Morgan fingerprint density at radius 2 is 2.00 bits per heavy atom. The molecule has 1 fully saturated rings. The van der Waals surface area contributed by atoms with E-state index in [1.807, 2.05) is 22.6 Å². The van der Waals surface area contributed by atoms with E-state index in [0.717, 1.165) is 37.3 Å². The molecule has 0 aliphatic carbocycles. The molecule has 0 amide bonds. The molecule has 0 spiro atoms. The van der Waals surface area contributed by atoms with Crippen molar-refractivity contribution in [3.05, 3.63) is 29.2 Å². The molecule has 108 valence electrons. The van der Waals surface area contributed by atoms with Gasteiger partial charge in [-0.1, -0.05) is 17.7 Å². The summed E-state index contributed by atoms with van der Waals surface area (Å²) in [6.07, 6.45) is 2.23. The monoisotopic (exact) mass is 292 g/mol. The van der Waals surface area contributed by atoms with Crippen LogP contribution in [0.1, 0.15) is 38.4 Å². The van der Waals surface area contributed by atoms with Crippen molar-refractivity contribution in [3.8, 4) is 0 Å². The van der Waals surface area contributed by atoms with Crippen LogP contribution in [0.2, 0.25) is 5.15 Å². The average molecular weight is 293 g/mol. The maximum Gasteiger partial charge on any atom is 0.155 e. The third-order valence-corrected chi connectivity index (χ3v) is 4.58. The number of fused-ring (bicyclic) bond motifs is 1. The van der Waals surface area contributed by atoms with Gasteiger partial charge < -0.3 is 10.6 Å². The van der Waals surface area contributed by atoms with Crippen LogP contribution in [0, 0.1) is 0 Å². The highest BCUT2D eigenvalue weighted by molar-refractivity contribution is 6.32. The lowest BCUT2D eigenvalue weighted by Crippen LogP contribution is -2.38. The molecule has 0 aromatic carbocycles. The minimum atomic E-state index is 0.440. The van der Waals surface area contributed by atoms with E-state index < -0.39 is 0 Å². The molecule has 1 aliphatic rings. The molecule has 2 N–H and O–H groups in total. The first-order valence-corrected chi connectivity index (χ1v) is 7.62. The van der Waals surface area contributed by atoms with Crippen LogP contribution in [0.25, 0.3) is 5.52 Å². The minimum Gasteiger partial charge on any atom is -0.385 e. The van der Waals surface area contributed by atoms with Gasteiger partial charge in [0.25, 0.3) is 0 Å². The number of nitrogens with zero attached hydrogens (tertiary/aromatic N) is 3. The molecule has 5 heteroatoms. The molecule has 1 aliphatic heterocycles. The Balaban J connectivity index is 1.92. The Morgan fingerprint density at radius 3 is 2.65 bits per heavy atom. The molecule has 0 radical (unpaired) electrons. The van der Waals surface area contributed by atoms with Gasteiger partial charge >= 0.3 is 0 Å². The molecule has 4 nitrogen and oxygen atoms in total. The van der Waals surface area contributed by atoms with Gasteiger partial charge in [0.2, 0.25) is 0 Å². The van der Waals surface area contributed by atoms with Crippen LogP contribution in [-0.4, -0.2) is 33.4 Å². The Hall–Kier alpha value is -1.26. The van der Waals surface area contributed by atoms with E-state index in [4.69, 9.17) is 17.3 Å². The topological polar surface area (TPSA) is 46.6 Å². The lowest BCUT2D eigenvalue weighted by Gasteiger charge is -2.34. The quantitative estimate of drug-likeness (QED) is 0.925. The molecule has 0 unspecified atom stereocenters. The maximum atomic E-state index is 6.25. The van der Waals surface area contributed by atoms with Crippen molar-refractivity contribution in [1.82, 2.24) is 14.3 Å². The maximum absolute atomic E-state index is 6.25. The van der Waals surface area contributed by atoms with Gasteiger partial charge in [-0.15, -0.1) is 0 Å². The Labute approximate surface area is 124 Å². The van der Waals surface area contributed by atoms with Crippen LogP contribution in [0.5, 0.6) is 0 Å². The SMILES string of the molecule is CC(C)N1CCC(c2nc(Cl)c3cccc(N)n23)CC1. The predicted octanol–water partition coefficient (Wildman–Crippen LogP) is 3.16. The van der Waals surface area contributed by atoms with Gasteiger partial charge in [0.1, 0.15) is 11.6 Å². The zero-order chi connectivity index (χ0) is 14.3.